The first-order valence-electron chi connectivity index (χ1n) is 2.63. The number of H-pyrrole nitrogens is 1. The van der Waals surface area contributed by atoms with E-state index in [0.29, 0.717) is 0 Å². The minimum atomic E-state index is -1.33. The van der Waals surface area contributed by atoms with Gasteiger partial charge in [0.2, 0.25) is 0 Å². The third-order valence-electron chi connectivity index (χ3n) is 1.08. The van der Waals surface area contributed by atoms with Gasteiger partial charge in [-0.25, -0.2) is 9.59 Å². The van der Waals surface area contributed by atoms with E-state index >= 15 is 0 Å². The summed E-state index contributed by atoms with van der Waals surface area (Å²) in [5.41, 5.74) is -0.741. The number of carboxylic acids is 2. The van der Waals surface area contributed by atoms with E-state index in [0.717, 1.165) is 6.20 Å². The molecule has 0 fully saturated rings. The Morgan fingerprint density at radius 1 is 1.31 bits per heavy atom. The van der Waals surface area contributed by atoms with Gasteiger partial charge >= 0.3 is 11.9 Å². The Morgan fingerprint density at radius 2 is 1.85 bits per heavy atom. The summed E-state index contributed by atoms with van der Waals surface area (Å²) in [6, 6.07) is 0. The predicted molar refractivity (Wildman–Crippen MR) is 36.1 cm³/mol. The van der Waals surface area contributed by atoms with Crippen LogP contribution in [-0.2, 0) is 17.1 Å². The maximum absolute atomic E-state index is 10.3. The van der Waals surface area contributed by atoms with E-state index in [1.165, 1.54) is 0 Å². The van der Waals surface area contributed by atoms with Crippen LogP contribution in [0.4, 0.5) is 0 Å². The molecule has 0 saturated heterocycles. The van der Waals surface area contributed by atoms with Crippen LogP contribution in [0.25, 0.3) is 0 Å². The van der Waals surface area contributed by atoms with E-state index in [-0.39, 0.29) is 28.1 Å². The Labute approximate surface area is 82.5 Å². The molecule has 1 heterocycles. The fraction of sp³-hybridized carbons (Fsp3) is 0. The fourth-order valence-electron chi connectivity index (χ4n) is 0.611. The molecule has 0 atom stereocenters. The zero-order chi connectivity index (χ0) is 8.43. The number of hydrogen-bond acceptors (Lipinski definition) is 3. The second kappa shape index (κ2) is 5.31. The van der Waals surface area contributed by atoms with Gasteiger partial charge in [-0.15, -0.1) is 0 Å². The van der Waals surface area contributed by atoms with E-state index < -0.39 is 17.6 Å². The average molecular weight is 229 g/mol. The van der Waals surface area contributed by atoms with Crippen molar-refractivity contribution in [2.24, 2.45) is 0 Å². The van der Waals surface area contributed by atoms with Crippen molar-refractivity contribution in [3.8, 4) is 0 Å². The number of carboxylic acid groups (broad SMARTS) is 2. The molecule has 5 N–H and O–H groups in total. The van der Waals surface area contributed by atoms with Crippen LogP contribution in [0.15, 0.2) is 6.20 Å². The van der Waals surface area contributed by atoms with Crippen LogP contribution >= 0.6 is 0 Å². The molecule has 7 nitrogen and oxygen atoms in total. The number of aromatic carboxylic acids is 2. The Morgan fingerprint density at radius 3 is 2.15 bits per heavy atom. The average Bonchev–Trinajstić information content (AvgIpc) is 2.32. The Bertz CT molecular complexity index is 281. The van der Waals surface area contributed by atoms with Gasteiger partial charge in [0, 0.05) is 17.1 Å². The summed E-state index contributed by atoms with van der Waals surface area (Å²) >= 11 is 0. The molecule has 0 spiro atoms. The van der Waals surface area contributed by atoms with E-state index in [9.17, 15) is 9.59 Å². The van der Waals surface area contributed by atoms with Crippen molar-refractivity contribution < 1.29 is 42.3 Å². The SMILES string of the molecule is O.O=C(O)c1cn[nH]c1C(=O)O.[Mn]. The Balaban J connectivity index is 0. The molecule has 0 aliphatic carbocycles. The molecule has 8 heteroatoms. The van der Waals surface area contributed by atoms with Gasteiger partial charge in [-0.1, -0.05) is 0 Å². The van der Waals surface area contributed by atoms with Gasteiger partial charge in [-0.3, -0.25) is 5.10 Å². The Hall–Kier alpha value is -1.37. The standard InChI is InChI=1S/C5H4N2O4.Mn.H2O/c8-4(9)2-1-6-7-3(2)5(10)11;;/h1H,(H,6,7)(H,8,9)(H,10,11);;1H2. The van der Waals surface area contributed by atoms with E-state index in [4.69, 9.17) is 10.2 Å². The van der Waals surface area contributed by atoms with E-state index in [1.54, 1.807) is 0 Å². The van der Waals surface area contributed by atoms with Crippen molar-refractivity contribution in [2.45, 2.75) is 0 Å². The van der Waals surface area contributed by atoms with Gasteiger partial charge in [-0.2, -0.15) is 5.10 Å². The van der Waals surface area contributed by atoms with Crippen LogP contribution in [0.2, 0.25) is 0 Å². The molecular formula is C5H6MnN2O5. The molecular weight excluding hydrogens is 223 g/mol. The molecule has 1 rings (SSSR count). The number of carbonyl (C=O) groups is 2. The predicted octanol–water partition coefficient (Wildman–Crippen LogP) is -1.02. The number of nitrogens with zero attached hydrogens (tertiary/aromatic N) is 1. The van der Waals surface area contributed by atoms with Crippen LogP contribution in [0.5, 0.6) is 0 Å². The number of aromatic nitrogens is 2. The van der Waals surface area contributed by atoms with Gasteiger partial charge in [0.25, 0.3) is 0 Å². The number of nitrogens with one attached hydrogen (secondary N) is 1. The smallest absolute Gasteiger partial charge is 0.354 e. The third-order valence-corrected chi connectivity index (χ3v) is 1.08. The number of hydrogen-bond donors (Lipinski definition) is 3. The minimum Gasteiger partial charge on any atom is -0.478 e. The molecule has 0 aromatic carbocycles. The molecule has 0 aliphatic rings. The topological polar surface area (TPSA) is 135 Å². The molecule has 13 heavy (non-hydrogen) atoms. The maximum atomic E-state index is 10.3. The van der Waals surface area contributed by atoms with Crippen LogP contribution in [0.1, 0.15) is 20.8 Å². The minimum absolute atomic E-state index is 0. The van der Waals surface area contributed by atoms with Crippen LogP contribution in [-0.4, -0.2) is 37.8 Å². The maximum Gasteiger partial charge on any atom is 0.354 e. The van der Waals surface area contributed by atoms with Crippen molar-refractivity contribution in [1.82, 2.24) is 10.2 Å². The van der Waals surface area contributed by atoms with Gasteiger partial charge < -0.3 is 15.7 Å². The first-order chi connectivity index (χ1) is 5.13. The quantitative estimate of drug-likeness (QED) is 0.557. The fourth-order valence-corrected chi connectivity index (χ4v) is 0.611. The summed E-state index contributed by atoms with van der Waals surface area (Å²) in [6.45, 7) is 0. The molecule has 1 aromatic rings. The van der Waals surface area contributed by atoms with E-state index in [1.807, 2.05) is 0 Å². The van der Waals surface area contributed by atoms with Crippen LogP contribution in [0, 0.1) is 0 Å². The summed E-state index contributed by atoms with van der Waals surface area (Å²) in [4.78, 5) is 20.5. The zero-order valence-electron chi connectivity index (χ0n) is 6.11. The second-order valence-corrected chi connectivity index (χ2v) is 1.77. The molecule has 0 unspecified atom stereocenters. The molecule has 1 aromatic heterocycles. The largest absolute Gasteiger partial charge is 0.478 e. The van der Waals surface area contributed by atoms with Gasteiger partial charge in [0.15, 0.2) is 5.69 Å². The van der Waals surface area contributed by atoms with Crippen molar-refractivity contribution in [3.05, 3.63) is 17.5 Å². The monoisotopic (exact) mass is 229 g/mol. The molecule has 73 valence electrons. The normalized spacial score (nSPS) is 8.00. The molecule has 1 radical (unpaired) electrons. The van der Waals surface area contributed by atoms with Crippen molar-refractivity contribution >= 4 is 11.9 Å². The first kappa shape index (κ1) is 14.2. The molecule has 0 aliphatic heterocycles. The van der Waals surface area contributed by atoms with Crippen molar-refractivity contribution in [2.75, 3.05) is 0 Å². The molecule has 0 saturated carbocycles. The summed E-state index contributed by atoms with van der Waals surface area (Å²) in [5, 5.41) is 22.1. The zero-order valence-corrected chi connectivity index (χ0v) is 7.29. The number of rotatable bonds is 2. The second-order valence-electron chi connectivity index (χ2n) is 1.77. The van der Waals surface area contributed by atoms with Crippen molar-refractivity contribution in [1.29, 1.82) is 0 Å². The summed E-state index contributed by atoms with van der Waals surface area (Å²) < 4.78 is 0. The summed E-state index contributed by atoms with van der Waals surface area (Å²) in [6.07, 6.45) is 0.950. The van der Waals surface area contributed by atoms with Crippen LogP contribution in [0.3, 0.4) is 0 Å². The summed E-state index contributed by atoms with van der Waals surface area (Å²) in [7, 11) is 0. The summed E-state index contributed by atoms with van der Waals surface area (Å²) in [5.74, 6) is -2.64. The molecule has 0 bridgehead atoms. The molecule has 0 amide bonds. The van der Waals surface area contributed by atoms with Gasteiger partial charge in [-0.05, 0) is 0 Å². The Kier molecular flexibility index (Phi) is 5.78. The third kappa shape index (κ3) is 2.86. The van der Waals surface area contributed by atoms with E-state index in [2.05, 4.69) is 10.2 Å². The van der Waals surface area contributed by atoms with Crippen LogP contribution < -0.4 is 0 Å². The van der Waals surface area contributed by atoms with Crippen molar-refractivity contribution in [3.63, 3.8) is 0 Å². The van der Waals surface area contributed by atoms with Gasteiger partial charge in [0.05, 0.1) is 6.20 Å². The van der Waals surface area contributed by atoms with Gasteiger partial charge in [0.1, 0.15) is 5.56 Å². The first-order valence-corrected chi connectivity index (χ1v) is 2.63. The number of aromatic amines is 1.